The smallest absolute Gasteiger partial charge is 0.226 e. The molecular formula is C17H17FN2O. The van der Waals surface area contributed by atoms with Gasteiger partial charge in [-0.1, -0.05) is 18.2 Å². The predicted molar refractivity (Wildman–Crippen MR) is 82.6 cm³/mol. The van der Waals surface area contributed by atoms with Crippen molar-refractivity contribution in [1.29, 1.82) is 0 Å². The number of nitrogens with zero attached hydrogens (tertiary/aromatic N) is 1. The van der Waals surface area contributed by atoms with E-state index in [9.17, 15) is 9.18 Å². The van der Waals surface area contributed by atoms with Gasteiger partial charge in [0.25, 0.3) is 0 Å². The molecule has 3 rings (SSSR count). The molecule has 0 aromatic heterocycles. The maximum Gasteiger partial charge on any atom is 0.226 e. The minimum absolute atomic E-state index is 0.0874. The third-order valence-electron chi connectivity index (χ3n) is 3.81. The molecule has 1 aliphatic rings. The van der Waals surface area contributed by atoms with E-state index >= 15 is 0 Å². The van der Waals surface area contributed by atoms with E-state index in [0.717, 1.165) is 16.9 Å². The van der Waals surface area contributed by atoms with Crippen LogP contribution >= 0.6 is 0 Å². The summed E-state index contributed by atoms with van der Waals surface area (Å²) in [6, 6.07) is 11.2. The quantitative estimate of drug-likeness (QED) is 0.860. The van der Waals surface area contributed by atoms with Gasteiger partial charge in [-0.15, -0.1) is 0 Å². The van der Waals surface area contributed by atoms with Gasteiger partial charge in [-0.3, -0.25) is 4.79 Å². The van der Waals surface area contributed by atoms with Crippen molar-refractivity contribution in [3.63, 3.8) is 0 Å². The largest absolute Gasteiger partial charge is 0.339 e. The van der Waals surface area contributed by atoms with Crippen LogP contribution in [-0.4, -0.2) is 12.5 Å². The topological polar surface area (TPSA) is 32.3 Å². The van der Waals surface area contributed by atoms with E-state index in [1.54, 1.807) is 13.0 Å². The number of amides is 1. The summed E-state index contributed by atoms with van der Waals surface area (Å²) in [5, 5.41) is 2.79. The summed E-state index contributed by atoms with van der Waals surface area (Å²) >= 11 is 0. The van der Waals surface area contributed by atoms with E-state index in [0.29, 0.717) is 24.2 Å². The molecule has 0 unspecified atom stereocenters. The van der Waals surface area contributed by atoms with Crippen molar-refractivity contribution in [2.24, 2.45) is 0 Å². The van der Waals surface area contributed by atoms with E-state index in [-0.39, 0.29) is 11.7 Å². The van der Waals surface area contributed by atoms with Crippen molar-refractivity contribution in [2.45, 2.75) is 20.3 Å². The van der Waals surface area contributed by atoms with Gasteiger partial charge in [-0.05, 0) is 43.2 Å². The van der Waals surface area contributed by atoms with Crippen molar-refractivity contribution >= 4 is 23.0 Å². The zero-order chi connectivity index (χ0) is 15.0. The standard InChI is InChI=1S/C17H17FN2O/c1-11-5-3-4-6-15(11)20-8-7-17(21)19-14-10-13(18)12(2)9-16(14)20/h3-6,9-10H,7-8H2,1-2H3,(H,19,21). The van der Waals surface area contributed by atoms with Crippen LogP contribution in [0, 0.1) is 19.7 Å². The highest BCUT2D eigenvalue weighted by Gasteiger charge is 2.22. The summed E-state index contributed by atoms with van der Waals surface area (Å²) < 4.78 is 13.8. The van der Waals surface area contributed by atoms with Crippen molar-refractivity contribution in [3.05, 3.63) is 53.3 Å². The molecule has 1 aliphatic heterocycles. The minimum Gasteiger partial charge on any atom is -0.339 e. The highest BCUT2D eigenvalue weighted by Crippen LogP contribution is 2.37. The molecule has 2 aromatic rings. The van der Waals surface area contributed by atoms with Crippen molar-refractivity contribution in [3.8, 4) is 0 Å². The van der Waals surface area contributed by atoms with Crippen LogP contribution in [-0.2, 0) is 4.79 Å². The number of para-hydroxylation sites is 1. The molecule has 108 valence electrons. The minimum atomic E-state index is -0.305. The number of fused-ring (bicyclic) bond motifs is 1. The molecule has 0 atom stereocenters. The van der Waals surface area contributed by atoms with E-state index in [1.807, 2.05) is 31.2 Å². The fourth-order valence-electron chi connectivity index (χ4n) is 2.65. The Kier molecular flexibility index (Phi) is 3.37. The molecule has 0 bridgehead atoms. The molecule has 0 aliphatic carbocycles. The Morgan fingerprint density at radius 2 is 1.86 bits per heavy atom. The van der Waals surface area contributed by atoms with Gasteiger partial charge >= 0.3 is 0 Å². The molecule has 2 aromatic carbocycles. The molecule has 3 nitrogen and oxygen atoms in total. The van der Waals surface area contributed by atoms with Crippen LogP contribution in [0.25, 0.3) is 0 Å². The molecule has 4 heteroatoms. The maximum atomic E-state index is 13.8. The van der Waals surface area contributed by atoms with Crippen LogP contribution in [0.2, 0.25) is 0 Å². The number of hydrogen-bond donors (Lipinski definition) is 1. The molecule has 0 fully saturated rings. The van der Waals surface area contributed by atoms with Crippen molar-refractivity contribution < 1.29 is 9.18 Å². The lowest BCUT2D eigenvalue weighted by Gasteiger charge is -2.26. The van der Waals surface area contributed by atoms with Gasteiger partial charge < -0.3 is 10.2 Å². The summed E-state index contributed by atoms with van der Waals surface area (Å²) in [6.45, 7) is 4.35. The number of hydrogen-bond acceptors (Lipinski definition) is 2. The van der Waals surface area contributed by atoms with Crippen LogP contribution in [0.5, 0.6) is 0 Å². The molecule has 1 N–H and O–H groups in total. The third kappa shape index (κ3) is 2.49. The number of benzene rings is 2. The lowest BCUT2D eigenvalue weighted by atomic mass is 10.1. The van der Waals surface area contributed by atoms with Crippen LogP contribution in [0.15, 0.2) is 36.4 Å². The lowest BCUT2D eigenvalue weighted by molar-refractivity contribution is -0.115. The Bertz CT molecular complexity index is 712. The Labute approximate surface area is 123 Å². The second-order valence-corrected chi connectivity index (χ2v) is 5.35. The number of halogens is 1. The monoisotopic (exact) mass is 284 g/mol. The van der Waals surface area contributed by atoms with Crippen LogP contribution in [0.1, 0.15) is 17.5 Å². The number of carbonyl (C=O) groups is 1. The van der Waals surface area contributed by atoms with E-state index in [1.165, 1.54) is 6.07 Å². The molecule has 1 heterocycles. The summed E-state index contributed by atoms with van der Waals surface area (Å²) in [5.41, 5.74) is 4.11. The molecule has 0 radical (unpaired) electrons. The Hall–Kier alpha value is -2.36. The highest BCUT2D eigenvalue weighted by atomic mass is 19.1. The highest BCUT2D eigenvalue weighted by molar-refractivity contribution is 5.97. The fourth-order valence-corrected chi connectivity index (χ4v) is 2.65. The number of aryl methyl sites for hydroxylation is 2. The first-order valence-electron chi connectivity index (χ1n) is 6.99. The summed E-state index contributed by atoms with van der Waals surface area (Å²) in [5.74, 6) is -0.392. The first-order valence-corrected chi connectivity index (χ1v) is 6.99. The number of nitrogens with one attached hydrogen (secondary N) is 1. The van der Waals surface area contributed by atoms with Crippen molar-refractivity contribution in [2.75, 3.05) is 16.8 Å². The SMILES string of the molecule is Cc1cc2c(cc1F)NC(=O)CCN2c1ccccc1C. The van der Waals surface area contributed by atoms with Gasteiger partial charge in [0.15, 0.2) is 0 Å². The second-order valence-electron chi connectivity index (χ2n) is 5.35. The zero-order valence-electron chi connectivity index (χ0n) is 12.1. The summed E-state index contributed by atoms with van der Waals surface area (Å²) in [7, 11) is 0. The average Bonchev–Trinajstić information content (AvgIpc) is 2.59. The van der Waals surface area contributed by atoms with Gasteiger partial charge in [0.2, 0.25) is 5.91 Å². The Morgan fingerprint density at radius 1 is 1.10 bits per heavy atom. The van der Waals surface area contributed by atoms with E-state index in [2.05, 4.69) is 10.2 Å². The summed E-state index contributed by atoms with van der Waals surface area (Å²) in [6.07, 6.45) is 0.379. The molecule has 0 saturated heterocycles. The van der Waals surface area contributed by atoms with Gasteiger partial charge in [0.05, 0.1) is 11.4 Å². The van der Waals surface area contributed by atoms with E-state index < -0.39 is 0 Å². The number of anilines is 3. The first kappa shape index (κ1) is 13.6. The van der Waals surface area contributed by atoms with Gasteiger partial charge in [-0.2, -0.15) is 0 Å². The Morgan fingerprint density at radius 3 is 2.62 bits per heavy atom. The van der Waals surface area contributed by atoms with Crippen LogP contribution in [0.4, 0.5) is 21.5 Å². The summed E-state index contributed by atoms with van der Waals surface area (Å²) in [4.78, 5) is 13.9. The molecule has 0 saturated carbocycles. The predicted octanol–water partition coefficient (Wildman–Crippen LogP) is 3.92. The molecule has 1 amide bonds. The molecule has 0 spiro atoms. The maximum absolute atomic E-state index is 13.8. The van der Waals surface area contributed by atoms with Crippen LogP contribution in [0.3, 0.4) is 0 Å². The Balaban J connectivity index is 2.17. The van der Waals surface area contributed by atoms with Gasteiger partial charge in [0.1, 0.15) is 5.82 Å². The van der Waals surface area contributed by atoms with E-state index in [4.69, 9.17) is 0 Å². The lowest BCUT2D eigenvalue weighted by Crippen LogP contribution is -2.19. The van der Waals surface area contributed by atoms with Gasteiger partial charge in [-0.25, -0.2) is 4.39 Å². The molecule has 21 heavy (non-hydrogen) atoms. The first-order chi connectivity index (χ1) is 10.1. The second kappa shape index (κ2) is 5.20. The fraction of sp³-hybridized carbons (Fsp3) is 0.235. The van der Waals surface area contributed by atoms with Gasteiger partial charge in [0, 0.05) is 18.7 Å². The number of rotatable bonds is 1. The number of carbonyl (C=O) groups excluding carboxylic acids is 1. The third-order valence-corrected chi connectivity index (χ3v) is 3.81. The molecular weight excluding hydrogens is 267 g/mol. The van der Waals surface area contributed by atoms with Crippen molar-refractivity contribution in [1.82, 2.24) is 0 Å². The normalized spacial score (nSPS) is 14.4. The average molecular weight is 284 g/mol. The van der Waals surface area contributed by atoms with Crippen LogP contribution < -0.4 is 10.2 Å². The zero-order valence-corrected chi connectivity index (χ0v) is 12.1.